The van der Waals surface area contributed by atoms with Crippen LogP contribution in [0.4, 0.5) is 4.39 Å². The highest BCUT2D eigenvalue weighted by Gasteiger charge is 2.07. The van der Waals surface area contributed by atoms with E-state index in [1.54, 1.807) is 17.4 Å². The van der Waals surface area contributed by atoms with E-state index in [4.69, 9.17) is 5.73 Å². The maximum atomic E-state index is 13.6. The first-order valence-corrected chi connectivity index (χ1v) is 5.62. The van der Waals surface area contributed by atoms with Crippen LogP contribution in [0.25, 0.3) is 11.1 Å². The van der Waals surface area contributed by atoms with E-state index in [1.807, 2.05) is 24.4 Å². The molecule has 1 aromatic carbocycles. The Morgan fingerprint density at radius 2 is 2.13 bits per heavy atom. The van der Waals surface area contributed by atoms with Gasteiger partial charge in [-0.2, -0.15) is 0 Å². The van der Waals surface area contributed by atoms with Gasteiger partial charge in [0.2, 0.25) is 0 Å². The molecule has 0 saturated heterocycles. The van der Waals surface area contributed by atoms with Gasteiger partial charge >= 0.3 is 0 Å². The van der Waals surface area contributed by atoms with Crippen LogP contribution in [0.1, 0.15) is 10.4 Å². The van der Waals surface area contributed by atoms with Crippen LogP contribution in [0, 0.1) is 12.7 Å². The van der Waals surface area contributed by atoms with E-state index in [0.717, 1.165) is 11.1 Å². The summed E-state index contributed by atoms with van der Waals surface area (Å²) in [6.07, 6.45) is 0. The topological polar surface area (TPSA) is 26.0 Å². The van der Waals surface area contributed by atoms with Crippen LogP contribution in [0.2, 0.25) is 0 Å². The fraction of sp³-hybridized carbons (Fsp3) is 0.167. The van der Waals surface area contributed by atoms with Gasteiger partial charge < -0.3 is 5.73 Å². The molecule has 0 aliphatic heterocycles. The Morgan fingerprint density at radius 3 is 2.73 bits per heavy atom. The third-order valence-corrected chi connectivity index (χ3v) is 3.17. The van der Waals surface area contributed by atoms with Gasteiger partial charge in [0, 0.05) is 17.0 Å². The van der Waals surface area contributed by atoms with Crippen molar-refractivity contribution in [1.82, 2.24) is 0 Å². The molecule has 0 atom stereocenters. The van der Waals surface area contributed by atoms with Gasteiger partial charge in [-0.05, 0) is 41.6 Å². The highest BCUT2D eigenvalue weighted by molar-refractivity contribution is 7.10. The Hall–Kier alpha value is -1.19. The minimum atomic E-state index is -0.190. The number of hydrogen-bond acceptors (Lipinski definition) is 2. The van der Waals surface area contributed by atoms with Gasteiger partial charge in [-0.3, -0.25) is 0 Å². The summed E-state index contributed by atoms with van der Waals surface area (Å²) in [5.41, 5.74) is 8.06. The molecule has 0 aliphatic carbocycles. The second-order valence-corrected chi connectivity index (χ2v) is 4.58. The van der Waals surface area contributed by atoms with Gasteiger partial charge in [0.1, 0.15) is 5.82 Å². The fourth-order valence-corrected chi connectivity index (χ4v) is 2.21. The van der Waals surface area contributed by atoms with E-state index in [-0.39, 0.29) is 5.82 Å². The van der Waals surface area contributed by atoms with Crippen LogP contribution in [0.15, 0.2) is 29.6 Å². The minimum Gasteiger partial charge on any atom is -0.326 e. The number of rotatable bonds is 2. The van der Waals surface area contributed by atoms with Crippen molar-refractivity contribution in [3.63, 3.8) is 0 Å². The maximum absolute atomic E-state index is 13.6. The van der Waals surface area contributed by atoms with Gasteiger partial charge in [0.15, 0.2) is 0 Å². The predicted molar refractivity (Wildman–Crippen MR) is 62.3 cm³/mol. The van der Waals surface area contributed by atoms with Gasteiger partial charge in [0.25, 0.3) is 0 Å². The normalized spacial score (nSPS) is 10.6. The lowest BCUT2D eigenvalue weighted by molar-refractivity contribution is 0.630. The highest BCUT2D eigenvalue weighted by Crippen LogP contribution is 2.28. The summed E-state index contributed by atoms with van der Waals surface area (Å²) >= 11 is 1.62. The zero-order chi connectivity index (χ0) is 10.8. The van der Waals surface area contributed by atoms with Crippen LogP contribution in [-0.2, 0) is 6.54 Å². The van der Waals surface area contributed by atoms with Crippen LogP contribution < -0.4 is 5.73 Å². The molecule has 0 amide bonds. The number of aryl methyl sites for hydroxylation is 1. The van der Waals surface area contributed by atoms with Crippen LogP contribution in [0.3, 0.4) is 0 Å². The van der Waals surface area contributed by atoms with E-state index < -0.39 is 0 Å². The second kappa shape index (κ2) is 4.13. The van der Waals surface area contributed by atoms with Crippen LogP contribution in [0.5, 0.6) is 0 Å². The number of thiophene rings is 1. The number of benzene rings is 1. The molecule has 2 N–H and O–H groups in total. The number of nitrogens with two attached hydrogens (primary N) is 1. The number of hydrogen-bond donors (Lipinski definition) is 1. The molecule has 0 unspecified atom stereocenters. The highest BCUT2D eigenvalue weighted by atomic mass is 32.1. The van der Waals surface area contributed by atoms with Crippen molar-refractivity contribution < 1.29 is 4.39 Å². The molecule has 0 radical (unpaired) electrons. The molecule has 15 heavy (non-hydrogen) atoms. The maximum Gasteiger partial charge on any atom is 0.131 e. The average molecular weight is 221 g/mol. The summed E-state index contributed by atoms with van der Waals surface area (Å²) < 4.78 is 13.6. The Bertz CT molecular complexity index is 476. The largest absolute Gasteiger partial charge is 0.326 e. The van der Waals surface area contributed by atoms with Crippen LogP contribution in [-0.4, -0.2) is 0 Å². The predicted octanol–water partition coefficient (Wildman–Crippen LogP) is 3.32. The number of halogens is 1. The molecular weight excluding hydrogens is 209 g/mol. The van der Waals surface area contributed by atoms with E-state index >= 15 is 0 Å². The zero-order valence-corrected chi connectivity index (χ0v) is 9.27. The van der Waals surface area contributed by atoms with Crippen molar-refractivity contribution in [2.45, 2.75) is 13.5 Å². The third-order valence-electron chi connectivity index (χ3n) is 2.31. The lowest BCUT2D eigenvalue weighted by Crippen LogP contribution is -1.97. The van der Waals surface area contributed by atoms with Crippen molar-refractivity contribution in [2.75, 3.05) is 0 Å². The molecule has 0 fully saturated rings. The summed E-state index contributed by atoms with van der Waals surface area (Å²) in [6.45, 7) is 2.45. The Morgan fingerprint density at radius 1 is 1.33 bits per heavy atom. The Labute approximate surface area is 92.4 Å². The van der Waals surface area contributed by atoms with Crippen molar-refractivity contribution in [3.8, 4) is 11.1 Å². The van der Waals surface area contributed by atoms with E-state index in [0.29, 0.717) is 12.1 Å². The molecule has 1 nitrogen and oxygen atoms in total. The lowest BCUT2D eigenvalue weighted by Gasteiger charge is -2.03. The third kappa shape index (κ3) is 2.08. The molecule has 0 bridgehead atoms. The molecule has 0 saturated carbocycles. The first-order valence-electron chi connectivity index (χ1n) is 4.74. The monoisotopic (exact) mass is 221 g/mol. The lowest BCUT2D eigenvalue weighted by atomic mass is 10.0. The minimum absolute atomic E-state index is 0.190. The van der Waals surface area contributed by atoms with E-state index in [9.17, 15) is 4.39 Å². The quantitative estimate of drug-likeness (QED) is 0.827. The molecule has 3 heteroatoms. The molecular formula is C12H12FNS. The van der Waals surface area contributed by atoms with Gasteiger partial charge in [-0.25, -0.2) is 4.39 Å². The van der Waals surface area contributed by atoms with Gasteiger partial charge in [-0.1, -0.05) is 6.07 Å². The van der Waals surface area contributed by atoms with Crippen LogP contribution >= 0.6 is 11.3 Å². The summed E-state index contributed by atoms with van der Waals surface area (Å²) in [6, 6.07) is 7.00. The standard InChI is InChI=1S/C12H12FNS/c1-8-4-10(7-15-8)11-5-9(6-14)2-3-12(11)13/h2-5,7H,6,14H2,1H3. The summed E-state index contributed by atoms with van der Waals surface area (Å²) in [7, 11) is 0. The molecule has 1 aromatic heterocycles. The SMILES string of the molecule is Cc1cc(-c2cc(CN)ccc2F)cs1. The van der Waals surface area contributed by atoms with Gasteiger partial charge in [-0.15, -0.1) is 11.3 Å². The van der Waals surface area contributed by atoms with Crippen molar-refractivity contribution in [2.24, 2.45) is 5.73 Å². The van der Waals surface area contributed by atoms with Crippen molar-refractivity contribution in [3.05, 3.63) is 45.9 Å². The molecule has 0 spiro atoms. The smallest absolute Gasteiger partial charge is 0.131 e. The molecule has 2 rings (SSSR count). The Balaban J connectivity index is 2.51. The second-order valence-electron chi connectivity index (χ2n) is 3.46. The zero-order valence-electron chi connectivity index (χ0n) is 8.46. The molecule has 1 heterocycles. The van der Waals surface area contributed by atoms with Crippen molar-refractivity contribution in [1.29, 1.82) is 0 Å². The summed E-state index contributed by atoms with van der Waals surface area (Å²) in [5, 5.41) is 1.97. The summed E-state index contributed by atoms with van der Waals surface area (Å²) in [5.74, 6) is -0.190. The van der Waals surface area contributed by atoms with Gasteiger partial charge in [0.05, 0.1) is 0 Å². The fourth-order valence-electron chi connectivity index (χ4n) is 1.51. The molecule has 0 aliphatic rings. The molecule has 78 valence electrons. The molecule has 2 aromatic rings. The first kappa shape index (κ1) is 10.3. The summed E-state index contributed by atoms with van der Waals surface area (Å²) in [4.78, 5) is 1.18. The van der Waals surface area contributed by atoms with E-state index in [2.05, 4.69) is 0 Å². The van der Waals surface area contributed by atoms with Crippen molar-refractivity contribution >= 4 is 11.3 Å². The average Bonchev–Trinajstić information content (AvgIpc) is 2.65. The first-order chi connectivity index (χ1) is 7.20. The van der Waals surface area contributed by atoms with E-state index in [1.165, 1.54) is 10.9 Å². The Kier molecular flexibility index (Phi) is 2.84.